The van der Waals surface area contributed by atoms with Crippen molar-refractivity contribution < 1.29 is 44.7 Å². The molecule has 0 bridgehead atoms. The molecule has 0 atom stereocenters. The number of halogens is 6. The van der Waals surface area contributed by atoms with Gasteiger partial charge in [0.2, 0.25) is 0 Å². The van der Waals surface area contributed by atoms with Crippen LogP contribution in [-0.2, 0) is 12.4 Å². The molecule has 212 valence electrons. The summed E-state index contributed by atoms with van der Waals surface area (Å²) in [5.41, 5.74) is -1.24. The van der Waals surface area contributed by atoms with E-state index in [1.807, 2.05) is 0 Å². The van der Waals surface area contributed by atoms with Gasteiger partial charge in [-0.2, -0.15) is 26.3 Å². The van der Waals surface area contributed by atoms with Gasteiger partial charge in [-0.3, -0.25) is 0 Å². The first kappa shape index (κ1) is 27.1. The molecule has 0 unspecified atom stereocenters. The van der Waals surface area contributed by atoms with E-state index in [0.29, 0.717) is 21.9 Å². The molecule has 0 radical (unpaired) electrons. The van der Waals surface area contributed by atoms with E-state index in [1.165, 1.54) is 36.4 Å². The van der Waals surface area contributed by atoms with Crippen LogP contribution in [0, 0.1) is 0 Å². The Bertz CT molecular complexity index is 1710. The van der Waals surface area contributed by atoms with E-state index in [1.54, 1.807) is 60.7 Å². The summed E-state index contributed by atoms with van der Waals surface area (Å²) in [6, 6.07) is 27.2. The van der Waals surface area contributed by atoms with E-state index in [-0.39, 0.29) is 23.0 Å². The zero-order chi connectivity index (χ0) is 29.5. The van der Waals surface area contributed by atoms with Gasteiger partial charge in [-0.1, -0.05) is 72.8 Å². The summed E-state index contributed by atoms with van der Waals surface area (Å²) in [7, 11) is 0. The molecule has 2 heterocycles. The highest BCUT2D eigenvalue weighted by Gasteiger charge is 2.39. The van der Waals surface area contributed by atoms with E-state index in [2.05, 4.69) is 0 Å². The molecule has 6 aromatic rings. The fourth-order valence-corrected chi connectivity index (χ4v) is 4.33. The van der Waals surface area contributed by atoms with Gasteiger partial charge < -0.3 is 18.3 Å². The van der Waals surface area contributed by atoms with Crippen LogP contribution in [0.2, 0.25) is 0 Å². The molecule has 0 spiro atoms. The van der Waals surface area contributed by atoms with Crippen LogP contribution in [0.25, 0.3) is 33.4 Å². The SMILES string of the molecule is FC(F)(F)c1cc(-c2ccccc2)oc1Oc1ccc2cc(Oc3oc(-c4ccccc4)cc3C(F)(F)F)ccc2c1. The van der Waals surface area contributed by atoms with Crippen LogP contribution in [0.4, 0.5) is 26.3 Å². The normalized spacial score (nSPS) is 12.0. The van der Waals surface area contributed by atoms with Gasteiger partial charge in [0, 0.05) is 23.3 Å². The molecule has 10 heteroatoms. The Hall–Kier alpha value is -5.12. The summed E-state index contributed by atoms with van der Waals surface area (Å²) in [4.78, 5) is 0. The Morgan fingerprint density at radius 2 is 0.833 bits per heavy atom. The van der Waals surface area contributed by atoms with E-state index < -0.39 is 35.4 Å². The van der Waals surface area contributed by atoms with Crippen LogP contribution < -0.4 is 9.47 Å². The Labute approximate surface area is 234 Å². The number of ether oxygens (including phenoxy) is 2. The maximum Gasteiger partial charge on any atom is 0.423 e. The average molecular weight is 580 g/mol. The quantitative estimate of drug-likeness (QED) is 0.184. The highest BCUT2D eigenvalue weighted by atomic mass is 19.4. The molecule has 0 aliphatic heterocycles. The van der Waals surface area contributed by atoms with Crippen molar-refractivity contribution in [2.24, 2.45) is 0 Å². The van der Waals surface area contributed by atoms with Gasteiger partial charge in [-0.15, -0.1) is 0 Å². The lowest BCUT2D eigenvalue weighted by Gasteiger charge is -2.10. The first-order valence-corrected chi connectivity index (χ1v) is 12.5. The van der Waals surface area contributed by atoms with Crippen molar-refractivity contribution in [1.29, 1.82) is 0 Å². The largest absolute Gasteiger partial charge is 0.426 e. The number of hydrogen-bond acceptors (Lipinski definition) is 4. The van der Waals surface area contributed by atoms with Crippen LogP contribution in [-0.4, -0.2) is 0 Å². The Morgan fingerprint density at radius 1 is 0.452 bits per heavy atom. The molecule has 2 aromatic heterocycles. The number of fused-ring (bicyclic) bond motifs is 1. The predicted molar refractivity (Wildman–Crippen MR) is 142 cm³/mol. The lowest BCUT2D eigenvalue weighted by molar-refractivity contribution is -0.140. The van der Waals surface area contributed by atoms with Gasteiger partial charge >= 0.3 is 24.2 Å². The molecule has 0 aliphatic rings. The number of benzene rings is 4. The molecule has 42 heavy (non-hydrogen) atoms. The predicted octanol–water partition coefficient (Wildman–Crippen LogP) is 11.0. The van der Waals surface area contributed by atoms with E-state index in [9.17, 15) is 26.3 Å². The first-order chi connectivity index (χ1) is 20.0. The topological polar surface area (TPSA) is 44.7 Å². The zero-order valence-corrected chi connectivity index (χ0v) is 21.3. The Kier molecular flexibility index (Phi) is 6.68. The van der Waals surface area contributed by atoms with Crippen molar-refractivity contribution in [3.63, 3.8) is 0 Å². The minimum Gasteiger partial charge on any atom is -0.426 e. The second-order valence-corrected chi connectivity index (χ2v) is 9.23. The highest BCUT2D eigenvalue weighted by molar-refractivity contribution is 5.85. The third-order valence-corrected chi connectivity index (χ3v) is 6.33. The van der Waals surface area contributed by atoms with Crippen LogP contribution >= 0.6 is 0 Å². The molecule has 0 saturated carbocycles. The maximum atomic E-state index is 13.7. The van der Waals surface area contributed by atoms with Gasteiger partial charge in [-0.25, -0.2) is 0 Å². The van der Waals surface area contributed by atoms with Crippen molar-refractivity contribution >= 4 is 10.8 Å². The molecule has 0 aliphatic carbocycles. The fraction of sp³-hybridized carbons (Fsp3) is 0.0625. The summed E-state index contributed by atoms with van der Waals surface area (Å²) in [5.74, 6) is -1.32. The molecule has 6 rings (SSSR count). The highest BCUT2D eigenvalue weighted by Crippen LogP contribution is 2.45. The minimum absolute atomic E-state index is 0.00733. The Morgan fingerprint density at radius 3 is 1.19 bits per heavy atom. The van der Waals surface area contributed by atoms with Crippen LogP contribution in [0.15, 0.2) is 118 Å². The minimum atomic E-state index is -4.73. The van der Waals surface area contributed by atoms with E-state index in [4.69, 9.17) is 18.3 Å². The van der Waals surface area contributed by atoms with Crippen molar-refractivity contribution in [2.45, 2.75) is 12.4 Å². The molecule has 4 aromatic carbocycles. The van der Waals surface area contributed by atoms with Gasteiger partial charge in [0.25, 0.3) is 0 Å². The van der Waals surface area contributed by atoms with Crippen molar-refractivity contribution in [3.05, 3.63) is 120 Å². The van der Waals surface area contributed by atoms with Gasteiger partial charge in [0.15, 0.2) is 0 Å². The van der Waals surface area contributed by atoms with Gasteiger partial charge in [0.05, 0.1) is 0 Å². The third-order valence-electron chi connectivity index (χ3n) is 6.33. The molecule has 0 fully saturated rings. The zero-order valence-electron chi connectivity index (χ0n) is 21.3. The number of rotatable bonds is 6. The van der Waals surface area contributed by atoms with Crippen LogP contribution in [0.5, 0.6) is 23.4 Å². The second kappa shape index (κ2) is 10.4. The standard InChI is InChI=1S/C32H18F6O4/c33-31(34,35)25-17-27(19-7-3-1-4-8-19)41-29(25)39-23-13-11-22-16-24(14-12-21(22)15-23)40-30-26(32(36,37)38)18-28(42-30)20-9-5-2-6-10-20/h1-18H. The summed E-state index contributed by atoms with van der Waals surface area (Å²) in [6.07, 6.45) is -9.45. The lowest BCUT2D eigenvalue weighted by atomic mass is 10.1. The second-order valence-electron chi connectivity index (χ2n) is 9.23. The van der Waals surface area contributed by atoms with Crippen LogP contribution in [0.1, 0.15) is 11.1 Å². The monoisotopic (exact) mass is 580 g/mol. The summed E-state index contributed by atoms with van der Waals surface area (Å²) in [5, 5.41) is 1.06. The summed E-state index contributed by atoms with van der Waals surface area (Å²) < 4.78 is 104. The molecular weight excluding hydrogens is 562 g/mol. The van der Waals surface area contributed by atoms with E-state index >= 15 is 0 Å². The smallest absolute Gasteiger partial charge is 0.423 e. The van der Waals surface area contributed by atoms with Crippen molar-refractivity contribution in [3.8, 4) is 46.0 Å². The number of hydrogen-bond donors (Lipinski definition) is 0. The molecule has 0 saturated heterocycles. The Balaban J connectivity index is 1.28. The molecule has 0 N–H and O–H groups in total. The maximum absolute atomic E-state index is 13.7. The van der Waals surface area contributed by atoms with Gasteiger partial charge in [-0.05, 0) is 35.0 Å². The third kappa shape index (κ3) is 5.56. The summed E-state index contributed by atoms with van der Waals surface area (Å²) >= 11 is 0. The van der Waals surface area contributed by atoms with Crippen LogP contribution in [0.3, 0.4) is 0 Å². The van der Waals surface area contributed by atoms with Crippen molar-refractivity contribution in [2.75, 3.05) is 0 Å². The number of furan rings is 2. The average Bonchev–Trinajstić information content (AvgIpc) is 3.59. The molecular formula is C32H18F6O4. The summed E-state index contributed by atoms with van der Waals surface area (Å²) in [6.45, 7) is 0. The molecule has 0 amide bonds. The lowest BCUT2D eigenvalue weighted by Crippen LogP contribution is -2.04. The van der Waals surface area contributed by atoms with Gasteiger partial charge in [0.1, 0.15) is 34.1 Å². The number of alkyl halides is 6. The van der Waals surface area contributed by atoms with Crippen molar-refractivity contribution in [1.82, 2.24) is 0 Å². The molecule has 4 nitrogen and oxygen atoms in total. The fourth-order valence-electron chi connectivity index (χ4n) is 4.33. The first-order valence-electron chi connectivity index (χ1n) is 12.5. The van der Waals surface area contributed by atoms with E-state index in [0.717, 1.165) is 12.1 Å².